The average molecular weight is 238 g/mol. The molecule has 4 heteroatoms. The summed E-state index contributed by atoms with van der Waals surface area (Å²) in [5.74, 6) is 0. The van der Waals surface area contributed by atoms with Gasteiger partial charge in [-0.05, 0) is 27.7 Å². The molecule has 0 aliphatic carbocycles. The molecule has 1 rings (SSSR count). The second-order valence-corrected chi connectivity index (χ2v) is 5.26. The molecule has 0 fully saturated rings. The highest BCUT2D eigenvalue weighted by Crippen LogP contribution is 2.12. The first-order valence-corrected chi connectivity index (χ1v) is 5.83. The van der Waals surface area contributed by atoms with Crippen LogP contribution in [0.15, 0.2) is 22.8 Å². The van der Waals surface area contributed by atoms with Crippen LogP contribution in [0.2, 0.25) is 0 Å². The monoisotopic (exact) mass is 238 g/mol. The summed E-state index contributed by atoms with van der Waals surface area (Å²) in [6.45, 7) is 13.3. The van der Waals surface area contributed by atoms with Crippen molar-refractivity contribution in [3.8, 4) is 6.08 Å². The van der Waals surface area contributed by atoms with Gasteiger partial charge < -0.3 is 14.5 Å². The largest absolute Gasteiger partial charge is 0.450 e. The minimum atomic E-state index is 0.0694. The molecule has 1 aromatic rings. The Morgan fingerprint density at radius 2 is 2.24 bits per heavy atom. The second-order valence-electron chi connectivity index (χ2n) is 5.26. The molecule has 17 heavy (non-hydrogen) atoms. The van der Waals surface area contributed by atoms with Crippen LogP contribution in [-0.2, 0) is 6.54 Å². The summed E-state index contributed by atoms with van der Waals surface area (Å²) in [6, 6.07) is 0. The minimum absolute atomic E-state index is 0.0694. The molecule has 96 valence electrons. The maximum atomic E-state index is 5.36. The Bertz CT molecular complexity index is 364. The van der Waals surface area contributed by atoms with Crippen LogP contribution in [0, 0.1) is 0 Å². The van der Waals surface area contributed by atoms with Crippen molar-refractivity contribution in [2.24, 2.45) is 0 Å². The molecule has 0 amide bonds. The van der Waals surface area contributed by atoms with E-state index in [4.69, 9.17) is 9.15 Å². The number of aromatic nitrogens is 1. The lowest BCUT2D eigenvalue weighted by Gasteiger charge is -2.19. The summed E-state index contributed by atoms with van der Waals surface area (Å²) in [5.41, 5.74) is 2.01. The summed E-state index contributed by atoms with van der Waals surface area (Å²) in [5, 5.41) is 3.33. The Morgan fingerprint density at radius 3 is 2.82 bits per heavy atom. The zero-order chi connectivity index (χ0) is 12.9. The van der Waals surface area contributed by atoms with Crippen molar-refractivity contribution in [2.45, 2.75) is 46.2 Å². The number of oxazole rings is 1. The van der Waals surface area contributed by atoms with Crippen LogP contribution < -0.4 is 10.1 Å². The Balaban J connectivity index is 2.35. The van der Waals surface area contributed by atoms with Crippen molar-refractivity contribution in [1.82, 2.24) is 10.3 Å². The molecule has 0 atom stereocenters. The Labute approximate surface area is 103 Å². The maximum absolute atomic E-state index is 5.36. The van der Waals surface area contributed by atoms with E-state index in [9.17, 15) is 0 Å². The lowest BCUT2D eigenvalue weighted by molar-refractivity contribution is 0.233. The summed E-state index contributed by atoms with van der Waals surface area (Å²) in [6.07, 6.45) is 2.77. The van der Waals surface area contributed by atoms with E-state index in [1.54, 1.807) is 6.26 Å². The third-order valence-corrected chi connectivity index (χ3v) is 2.08. The van der Waals surface area contributed by atoms with Crippen LogP contribution in [0.5, 0.6) is 6.08 Å². The van der Waals surface area contributed by atoms with Gasteiger partial charge in [0.2, 0.25) is 0 Å². The minimum Gasteiger partial charge on any atom is -0.450 e. The molecule has 0 saturated heterocycles. The molecule has 0 saturated carbocycles. The van der Waals surface area contributed by atoms with Crippen LogP contribution in [0.3, 0.4) is 0 Å². The predicted octanol–water partition coefficient (Wildman–Crippen LogP) is 2.91. The fourth-order valence-electron chi connectivity index (χ4n) is 1.10. The van der Waals surface area contributed by atoms with Crippen LogP contribution in [0.1, 0.15) is 39.8 Å². The lowest BCUT2D eigenvalue weighted by atomic mass is 10.1. The fourth-order valence-corrected chi connectivity index (χ4v) is 1.10. The second kappa shape index (κ2) is 5.87. The summed E-state index contributed by atoms with van der Waals surface area (Å²) < 4.78 is 10.6. The van der Waals surface area contributed by atoms with Gasteiger partial charge in [-0.3, -0.25) is 0 Å². The zero-order valence-corrected chi connectivity index (χ0v) is 11.2. The number of hydrogen-bond acceptors (Lipinski definition) is 4. The van der Waals surface area contributed by atoms with Crippen molar-refractivity contribution >= 4 is 0 Å². The van der Waals surface area contributed by atoms with Crippen molar-refractivity contribution in [2.75, 3.05) is 6.61 Å². The van der Waals surface area contributed by atoms with Gasteiger partial charge in [0.15, 0.2) is 0 Å². The highest BCUT2D eigenvalue weighted by atomic mass is 16.6. The van der Waals surface area contributed by atoms with E-state index in [1.165, 1.54) is 0 Å². The molecule has 0 unspecified atom stereocenters. The van der Waals surface area contributed by atoms with Crippen molar-refractivity contribution < 1.29 is 9.15 Å². The molecule has 0 spiro atoms. The van der Waals surface area contributed by atoms with Gasteiger partial charge in [0.25, 0.3) is 0 Å². The van der Waals surface area contributed by atoms with E-state index in [0.717, 1.165) is 17.7 Å². The third kappa shape index (κ3) is 6.12. The molecule has 0 aliphatic rings. The van der Waals surface area contributed by atoms with Crippen LogP contribution >= 0.6 is 0 Å². The number of rotatable bonds is 6. The van der Waals surface area contributed by atoms with E-state index in [-0.39, 0.29) is 5.54 Å². The van der Waals surface area contributed by atoms with Crippen molar-refractivity contribution in [3.63, 3.8) is 0 Å². The molecule has 1 N–H and O–H groups in total. The molecule has 0 radical (unpaired) electrons. The van der Waals surface area contributed by atoms with Gasteiger partial charge in [-0.1, -0.05) is 5.57 Å². The van der Waals surface area contributed by atoms with Crippen molar-refractivity contribution in [3.05, 3.63) is 24.1 Å². The van der Waals surface area contributed by atoms with Gasteiger partial charge in [-0.15, -0.1) is 6.58 Å². The number of nitrogens with one attached hydrogen (secondary N) is 1. The molecular formula is C13H22N2O2. The molecular weight excluding hydrogens is 216 g/mol. The summed E-state index contributed by atoms with van der Waals surface area (Å²) in [4.78, 5) is 4.23. The SMILES string of the molecule is C=C(C)CCOc1nc(CNC(C)(C)C)co1. The van der Waals surface area contributed by atoms with E-state index in [0.29, 0.717) is 19.2 Å². The number of nitrogens with zero attached hydrogens (tertiary/aromatic N) is 1. The maximum Gasteiger partial charge on any atom is 0.393 e. The van der Waals surface area contributed by atoms with E-state index in [2.05, 4.69) is 37.7 Å². The molecule has 0 aliphatic heterocycles. The third-order valence-electron chi connectivity index (χ3n) is 2.08. The van der Waals surface area contributed by atoms with Crippen LogP contribution in [0.25, 0.3) is 0 Å². The van der Waals surface area contributed by atoms with Crippen LogP contribution in [-0.4, -0.2) is 17.1 Å². The van der Waals surface area contributed by atoms with E-state index < -0.39 is 0 Å². The molecule has 1 heterocycles. The van der Waals surface area contributed by atoms with Gasteiger partial charge in [0.1, 0.15) is 6.26 Å². The van der Waals surface area contributed by atoms with Gasteiger partial charge in [0, 0.05) is 18.5 Å². The zero-order valence-electron chi connectivity index (χ0n) is 11.2. The standard InChI is InChI=1S/C13H22N2O2/c1-10(2)6-7-16-12-15-11(9-17-12)8-14-13(3,4)5/h9,14H,1,6-8H2,2-5H3. The first-order chi connectivity index (χ1) is 7.87. The van der Waals surface area contributed by atoms with Gasteiger partial charge in [-0.2, -0.15) is 4.98 Å². The summed E-state index contributed by atoms with van der Waals surface area (Å²) in [7, 11) is 0. The molecule has 1 aromatic heterocycles. The highest BCUT2D eigenvalue weighted by molar-refractivity contribution is 5.00. The van der Waals surface area contributed by atoms with Gasteiger partial charge >= 0.3 is 6.08 Å². The first kappa shape index (κ1) is 13.8. The molecule has 0 aromatic carbocycles. The average Bonchev–Trinajstić information content (AvgIpc) is 2.61. The number of hydrogen-bond donors (Lipinski definition) is 1. The highest BCUT2D eigenvalue weighted by Gasteiger charge is 2.11. The van der Waals surface area contributed by atoms with E-state index >= 15 is 0 Å². The smallest absolute Gasteiger partial charge is 0.393 e. The molecule has 0 bridgehead atoms. The van der Waals surface area contributed by atoms with Crippen molar-refractivity contribution in [1.29, 1.82) is 0 Å². The lowest BCUT2D eigenvalue weighted by Crippen LogP contribution is -2.35. The quantitative estimate of drug-likeness (QED) is 0.774. The van der Waals surface area contributed by atoms with Gasteiger partial charge in [0.05, 0.1) is 12.3 Å². The van der Waals surface area contributed by atoms with Gasteiger partial charge in [-0.25, -0.2) is 0 Å². The topological polar surface area (TPSA) is 47.3 Å². The molecule has 4 nitrogen and oxygen atoms in total. The first-order valence-electron chi connectivity index (χ1n) is 5.83. The Morgan fingerprint density at radius 1 is 1.53 bits per heavy atom. The number of ether oxygens (including phenoxy) is 1. The summed E-state index contributed by atoms with van der Waals surface area (Å²) >= 11 is 0. The fraction of sp³-hybridized carbons (Fsp3) is 0.615. The van der Waals surface area contributed by atoms with E-state index in [1.807, 2.05) is 6.92 Å². The predicted molar refractivity (Wildman–Crippen MR) is 68.0 cm³/mol. The van der Waals surface area contributed by atoms with Crippen LogP contribution in [0.4, 0.5) is 0 Å². The Kier molecular flexibility index (Phi) is 4.75. The Hall–Kier alpha value is -1.29. The normalized spacial score (nSPS) is 11.5.